The second-order valence-corrected chi connectivity index (χ2v) is 8.76. The lowest BCUT2D eigenvalue weighted by Crippen LogP contribution is -2.70. The average molecular weight is 484 g/mol. The summed E-state index contributed by atoms with van der Waals surface area (Å²) < 4.78 is 5.17. The summed E-state index contributed by atoms with van der Waals surface area (Å²) in [5.41, 5.74) is 0.712. The number of aliphatic carboxylic acids is 1. The van der Waals surface area contributed by atoms with Gasteiger partial charge in [0.2, 0.25) is 5.91 Å². The number of nitrogens with one attached hydrogen (secondary N) is 1. The standard InChI is InChI=1S/C23H20N2O8S/c26-15-7-6-13(9-16(15)27)23(32)33-10-14-11-34-21-18(20(29)25(21)19(14)22(30)31)24-17(28)8-12-4-2-1-3-5-12/h1-7,9,18,21,26-27H,8,10-11H2,(H,24,28)(H,30,31)/t18-,21-/m1/s1. The number of hydrogen-bond donors (Lipinski definition) is 4. The molecule has 2 amide bonds. The normalized spacial score (nSPS) is 19.2. The third-order valence-electron chi connectivity index (χ3n) is 5.36. The van der Waals surface area contributed by atoms with Crippen LogP contribution in [0.2, 0.25) is 0 Å². The van der Waals surface area contributed by atoms with Crippen molar-refractivity contribution < 1.29 is 39.2 Å². The lowest BCUT2D eigenvalue weighted by molar-refractivity contribution is -0.150. The van der Waals surface area contributed by atoms with Gasteiger partial charge < -0.3 is 25.4 Å². The van der Waals surface area contributed by atoms with E-state index < -0.39 is 40.8 Å². The van der Waals surface area contributed by atoms with Gasteiger partial charge in [0.1, 0.15) is 23.7 Å². The number of thioether (sulfide) groups is 1. The molecule has 176 valence electrons. The van der Waals surface area contributed by atoms with Crippen LogP contribution < -0.4 is 5.32 Å². The number of carboxylic acids is 1. The number of aromatic hydroxyl groups is 2. The maximum Gasteiger partial charge on any atom is 0.352 e. The molecule has 11 heteroatoms. The van der Waals surface area contributed by atoms with E-state index in [0.717, 1.165) is 22.6 Å². The molecule has 2 aromatic carbocycles. The van der Waals surface area contributed by atoms with E-state index >= 15 is 0 Å². The highest BCUT2D eigenvalue weighted by atomic mass is 32.2. The SMILES string of the molecule is O=C(Cc1ccccc1)N[C@@H]1C(=O)N2C(C(=O)O)=C(COC(=O)c3ccc(O)c(O)c3)CS[C@H]12. The average Bonchev–Trinajstić information content (AvgIpc) is 2.82. The Hall–Kier alpha value is -3.99. The lowest BCUT2D eigenvalue weighted by atomic mass is 10.0. The molecule has 2 aromatic rings. The predicted octanol–water partition coefficient (Wildman–Crippen LogP) is 1.24. The van der Waals surface area contributed by atoms with Gasteiger partial charge in [0, 0.05) is 11.3 Å². The van der Waals surface area contributed by atoms with Gasteiger partial charge >= 0.3 is 11.9 Å². The highest BCUT2D eigenvalue weighted by Gasteiger charge is 2.54. The zero-order valence-electron chi connectivity index (χ0n) is 17.6. The van der Waals surface area contributed by atoms with E-state index in [1.54, 1.807) is 24.3 Å². The van der Waals surface area contributed by atoms with Crippen LogP contribution >= 0.6 is 11.8 Å². The summed E-state index contributed by atoms with van der Waals surface area (Å²) in [6, 6.07) is 11.6. The molecule has 4 rings (SSSR count). The van der Waals surface area contributed by atoms with Crippen LogP contribution in [0.4, 0.5) is 0 Å². The maximum atomic E-state index is 12.7. The molecular formula is C23H20N2O8S. The number of carbonyl (C=O) groups excluding carboxylic acids is 3. The van der Waals surface area contributed by atoms with Crippen LogP contribution in [-0.2, 0) is 25.5 Å². The molecule has 10 nitrogen and oxygen atoms in total. The summed E-state index contributed by atoms with van der Waals surface area (Å²) in [5, 5.41) is 30.7. The number of carbonyl (C=O) groups is 4. The molecule has 0 unspecified atom stereocenters. The van der Waals surface area contributed by atoms with Crippen molar-refractivity contribution in [3.63, 3.8) is 0 Å². The van der Waals surface area contributed by atoms with Crippen LogP contribution in [0.25, 0.3) is 0 Å². The van der Waals surface area contributed by atoms with Crippen LogP contribution in [0.3, 0.4) is 0 Å². The van der Waals surface area contributed by atoms with Gasteiger partial charge in [-0.1, -0.05) is 30.3 Å². The quantitative estimate of drug-likeness (QED) is 0.258. The minimum Gasteiger partial charge on any atom is -0.504 e. The molecule has 0 aliphatic carbocycles. The zero-order valence-corrected chi connectivity index (χ0v) is 18.4. The molecule has 0 aromatic heterocycles. The van der Waals surface area contributed by atoms with Crippen LogP contribution in [0.5, 0.6) is 11.5 Å². The fourth-order valence-electron chi connectivity index (χ4n) is 3.69. The van der Waals surface area contributed by atoms with E-state index in [4.69, 9.17) is 4.74 Å². The molecule has 34 heavy (non-hydrogen) atoms. The Balaban J connectivity index is 1.42. The monoisotopic (exact) mass is 484 g/mol. The number of hydrogen-bond acceptors (Lipinski definition) is 8. The van der Waals surface area contributed by atoms with Crippen LogP contribution in [-0.4, -0.2) is 67.7 Å². The number of rotatable bonds is 7. The molecule has 0 bridgehead atoms. The van der Waals surface area contributed by atoms with Crippen molar-refractivity contribution in [1.29, 1.82) is 0 Å². The number of phenols is 2. The van der Waals surface area contributed by atoms with Gasteiger partial charge in [0.05, 0.1) is 12.0 Å². The Bertz CT molecular complexity index is 1200. The maximum absolute atomic E-state index is 12.7. The molecule has 2 heterocycles. The smallest absolute Gasteiger partial charge is 0.352 e. The number of benzene rings is 2. The van der Waals surface area contributed by atoms with Gasteiger partial charge in [-0.2, -0.15) is 0 Å². The summed E-state index contributed by atoms with van der Waals surface area (Å²) >= 11 is 1.26. The highest BCUT2D eigenvalue weighted by Crippen LogP contribution is 2.40. The minimum atomic E-state index is -1.35. The molecule has 2 aliphatic rings. The fraction of sp³-hybridized carbons (Fsp3) is 0.217. The Morgan fingerprint density at radius 3 is 2.50 bits per heavy atom. The first-order valence-electron chi connectivity index (χ1n) is 10.2. The number of β-lactam (4-membered cyclic amide) rings is 1. The van der Waals surface area contributed by atoms with Crippen molar-refractivity contribution in [2.45, 2.75) is 17.8 Å². The first-order valence-corrected chi connectivity index (χ1v) is 11.2. The summed E-state index contributed by atoms with van der Waals surface area (Å²) in [7, 11) is 0. The molecule has 2 atom stereocenters. The van der Waals surface area contributed by atoms with Crippen molar-refractivity contribution in [2.24, 2.45) is 0 Å². The zero-order chi connectivity index (χ0) is 24.4. The molecule has 0 saturated carbocycles. The van der Waals surface area contributed by atoms with Gasteiger partial charge in [-0.3, -0.25) is 14.5 Å². The van der Waals surface area contributed by atoms with E-state index in [2.05, 4.69) is 5.32 Å². The fourth-order valence-corrected chi connectivity index (χ4v) is 5.01. The van der Waals surface area contributed by atoms with Crippen molar-refractivity contribution in [1.82, 2.24) is 10.2 Å². The van der Waals surface area contributed by atoms with Crippen molar-refractivity contribution >= 4 is 35.5 Å². The number of amides is 2. The Morgan fingerprint density at radius 1 is 1.09 bits per heavy atom. The van der Waals surface area contributed by atoms with E-state index in [9.17, 15) is 34.5 Å². The Labute approximate surface area is 197 Å². The topological polar surface area (TPSA) is 153 Å². The van der Waals surface area contributed by atoms with Gasteiger partial charge in [0.25, 0.3) is 5.91 Å². The Kier molecular flexibility index (Phi) is 6.46. The van der Waals surface area contributed by atoms with Crippen LogP contribution in [0.1, 0.15) is 15.9 Å². The van der Waals surface area contributed by atoms with Crippen LogP contribution in [0.15, 0.2) is 59.8 Å². The summed E-state index contributed by atoms with van der Waals surface area (Å²) in [5.74, 6) is -3.80. The molecular weight excluding hydrogens is 464 g/mol. The van der Waals surface area contributed by atoms with E-state index in [1.807, 2.05) is 6.07 Å². The van der Waals surface area contributed by atoms with Gasteiger partial charge in [-0.15, -0.1) is 11.8 Å². The lowest BCUT2D eigenvalue weighted by Gasteiger charge is -2.49. The van der Waals surface area contributed by atoms with Crippen molar-refractivity contribution in [2.75, 3.05) is 12.4 Å². The number of phenolic OH excluding ortho intramolecular Hbond substituents is 2. The highest BCUT2D eigenvalue weighted by molar-refractivity contribution is 8.00. The van der Waals surface area contributed by atoms with Crippen molar-refractivity contribution in [3.05, 3.63) is 70.9 Å². The molecule has 0 spiro atoms. The first-order chi connectivity index (χ1) is 16.3. The number of carboxylic acid groups (broad SMARTS) is 1. The second kappa shape index (κ2) is 9.48. The number of nitrogens with zero attached hydrogens (tertiary/aromatic N) is 1. The predicted molar refractivity (Wildman–Crippen MR) is 120 cm³/mol. The summed E-state index contributed by atoms with van der Waals surface area (Å²) in [6.45, 7) is -0.378. The number of fused-ring (bicyclic) bond motifs is 1. The largest absolute Gasteiger partial charge is 0.504 e. The van der Waals surface area contributed by atoms with Gasteiger partial charge in [0.15, 0.2) is 11.5 Å². The molecule has 1 saturated heterocycles. The van der Waals surface area contributed by atoms with E-state index in [0.29, 0.717) is 0 Å². The molecule has 2 aliphatic heterocycles. The molecule has 4 N–H and O–H groups in total. The number of esters is 1. The second-order valence-electron chi connectivity index (χ2n) is 7.65. The van der Waals surface area contributed by atoms with Gasteiger partial charge in [-0.25, -0.2) is 9.59 Å². The summed E-state index contributed by atoms with van der Waals surface area (Å²) in [4.78, 5) is 50.3. The third-order valence-corrected chi connectivity index (χ3v) is 6.70. The Morgan fingerprint density at radius 2 is 1.82 bits per heavy atom. The van der Waals surface area contributed by atoms with Gasteiger partial charge in [-0.05, 0) is 23.8 Å². The van der Waals surface area contributed by atoms with Crippen molar-refractivity contribution in [3.8, 4) is 11.5 Å². The first kappa shape index (κ1) is 23.2. The van der Waals surface area contributed by atoms with E-state index in [1.165, 1.54) is 17.8 Å². The molecule has 0 radical (unpaired) electrons. The van der Waals surface area contributed by atoms with E-state index in [-0.39, 0.29) is 41.5 Å². The number of ether oxygens (including phenoxy) is 1. The third kappa shape index (κ3) is 4.55. The minimum absolute atomic E-state index is 0.0321. The van der Waals surface area contributed by atoms with Crippen LogP contribution in [0, 0.1) is 0 Å². The summed E-state index contributed by atoms with van der Waals surface area (Å²) in [6.07, 6.45) is 0.0949. The molecule has 1 fully saturated rings.